The van der Waals surface area contributed by atoms with Crippen LogP contribution in [0.4, 0.5) is 0 Å². The summed E-state index contributed by atoms with van der Waals surface area (Å²) in [5.41, 5.74) is 0. The first kappa shape index (κ1) is 4.97. The quantitative estimate of drug-likeness (QED) is 0.492. The molecular formula is C6H6NO. The molecule has 0 aliphatic carbocycles. The van der Waals surface area contributed by atoms with E-state index in [0.717, 1.165) is 0 Å². The van der Waals surface area contributed by atoms with Gasteiger partial charge in [0.1, 0.15) is 0 Å². The Kier molecular flexibility index (Phi) is 1.37. The lowest BCUT2D eigenvalue weighted by atomic mass is 10.4. The summed E-state index contributed by atoms with van der Waals surface area (Å²) >= 11 is 0. The lowest BCUT2D eigenvalue weighted by Crippen LogP contribution is -1.90. The molecule has 0 unspecified atom stereocenters. The highest BCUT2D eigenvalue weighted by atomic mass is 16.3. The number of hydrogen-bond donors (Lipinski definition) is 1. The summed E-state index contributed by atoms with van der Waals surface area (Å²) in [6, 6.07) is 0. The molecule has 2 nitrogen and oxygen atoms in total. The van der Waals surface area contributed by atoms with Crippen molar-refractivity contribution in [3.05, 3.63) is 36.4 Å². The Labute approximate surface area is 47.8 Å². The second-order valence-corrected chi connectivity index (χ2v) is 1.43. The van der Waals surface area contributed by atoms with E-state index in [9.17, 15) is 5.11 Å². The van der Waals surface area contributed by atoms with E-state index in [1.807, 2.05) is 0 Å². The van der Waals surface area contributed by atoms with Gasteiger partial charge in [-0.05, 0) is 12.2 Å². The van der Waals surface area contributed by atoms with Gasteiger partial charge in [-0.25, -0.2) is 0 Å². The minimum Gasteiger partial charge on any atom is -0.364 e. The molecule has 0 saturated carbocycles. The van der Waals surface area contributed by atoms with Crippen molar-refractivity contribution in [3.63, 3.8) is 0 Å². The Morgan fingerprint density at radius 2 is 2.25 bits per heavy atom. The molecule has 0 spiro atoms. The van der Waals surface area contributed by atoms with E-state index in [1.54, 1.807) is 18.4 Å². The van der Waals surface area contributed by atoms with E-state index in [-0.39, 0.29) is 5.76 Å². The van der Waals surface area contributed by atoms with Crippen molar-refractivity contribution in [1.82, 2.24) is 5.32 Å². The molecule has 1 heterocycles. The maximum absolute atomic E-state index is 10.4. The molecule has 41 valence electrons. The zero-order valence-electron chi connectivity index (χ0n) is 4.29. The van der Waals surface area contributed by atoms with Crippen molar-refractivity contribution >= 4 is 0 Å². The lowest BCUT2D eigenvalue weighted by molar-refractivity contribution is 0.313. The molecule has 0 aromatic carbocycles. The molecule has 0 fully saturated rings. The predicted octanol–water partition coefficient (Wildman–Crippen LogP) is 0.931. The Morgan fingerprint density at radius 1 is 1.38 bits per heavy atom. The molecule has 0 atom stereocenters. The van der Waals surface area contributed by atoms with Crippen LogP contribution in [0.2, 0.25) is 0 Å². The van der Waals surface area contributed by atoms with Gasteiger partial charge in [0.2, 0.25) is 0 Å². The van der Waals surface area contributed by atoms with Crippen molar-refractivity contribution in [2.24, 2.45) is 0 Å². The summed E-state index contributed by atoms with van der Waals surface area (Å²) < 4.78 is 0. The van der Waals surface area contributed by atoms with Gasteiger partial charge in [-0.3, -0.25) is 5.11 Å². The smallest absolute Gasteiger partial charge is 0.194 e. The highest BCUT2D eigenvalue weighted by Crippen LogP contribution is 1.92. The first-order valence-electron chi connectivity index (χ1n) is 2.36. The van der Waals surface area contributed by atoms with Crippen molar-refractivity contribution in [3.8, 4) is 0 Å². The SMILES string of the molecule is [O]C1=CNC=CC=C1. The molecule has 0 aromatic heterocycles. The maximum atomic E-state index is 10.4. The van der Waals surface area contributed by atoms with Crippen molar-refractivity contribution in [2.75, 3.05) is 0 Å². The highest BCUT2D eigenvalue weighted by Gasteiger charge is 1.86. The number of nitrogens with one attached hydrogen (secondary N) is 1. The van der Waals surface area contributed by atoms with E-state index in [2.05, 4.69) is 5.32 Å². The lowest BCUT2D eigenvalue weighted by Gasteiger charge is -1.82. The third-order valence-electron chi connectivity index (χ3n) is 0.790. The van der Waals surface area contributed by atoms with Crippen molar-refractivity contribution < 1.29 is 5.11 Å². The molecule has 0 bridgehead atoms. The fourth-order valence-corrected chi connectivity index (χ4v) is 0.440. The fraction of sp³-hybridized carbons (Fsp3) is 0. The summed E-state index contributed by atoms with van der Waals surface area (Å²) in [5.74, 6) is -0.00463. The molecule has 0 amide bonds. The first-order valence-corrected chi connectivity index (χ1v) is 2.36. The van der Waals surface area contributed by atoms with Gasteiger partial charge in [-0.1, -0.05) is 6.08 Å². The molecule has 2 heteroatoms. The van der Waals surface area contributed by atoms with Gasteiger partial charge in [0, 0.05) is 12.4 Å². The van der Waals surface area contributed by atoms with Gasteiger partial charge in [-0.15, -0.1) is 0 Å². The van der Waals surface area contributed by atoms with Crippen molar-refractivity contribution in [1.29, 1.82) is 0 Å². The van der Waals surface area contributed by atoms with Gasteiger partial charge >= 0.3 is 0 Å². The zero-order chi connectivity index (χ0) is 5.82. The maximum Gasteiger partial charge on any atom is 0.194 e. The summed E-state index contributed by atoms with van der Waals surface area (Å²) in [6.45, 7) is 0. The predicted molar refractivity (Wildman–Crippen MR) is 30.2 cm³/mol. The average molecular weight is 108 g/mol. The van der Waals surface area contributed by atoms with Crippen LogP contribution < -0.4 is 5.32 Å². The number of allylic oxidation sites excluding steroid dienone is 3. The van der Waals surface area contributed by atoms with Crippen LogP contribution in [0.25, 0.3) is 0 Å². The second kappa shape index (κ2) is 2.21. The number of hydrogen-bond acceptors (Lipinski definition) is 1. The summed E-state index contributed by atoms with van der Waals surface area (Å²) in [5, 5.41) is 13.1. The van der Waals surface area contributed by atoms with Crippen LogP contribution in [-0.4, -0.2) is 0 Å². The monoisotopic (exact) mass is 108 g/mol. The molecule has 0 aromatic rings. The molecule has 1 radical (unpaired) electrons. The molecule has 1 aliphatic rings. The van der Waals surface area contributed by atoms with Crippen LogP contribution >= 0.6 is 0 Å². The van der Waals surface area contributed by atoms with Gasteiger partial charge < -0.3 is 5.32 Å². The fourth-order valence-electron chi connectivity index (χ4n) is 0.440. The first-order chi connectivity index (χ1) is 3.89. The van der Waals surface area contributed by atoms with Gasteiger partial charge in [-0.2, -0.15) is 0 Å². The molecule has 1 N–H and O–H groups in total. The van der Waals surface area contributed by atoms with Crippen LogP contribution in [0, 0.1) is 0 Å². The summed E-state index contributed by atoms with van der Waals surface area (Å²) in [7, 11) is 0. The average Bonchev–Trinajstić information content (AvgIpc) is 1.94. The summed E-state index contributed by atoms with van der Waals surface area (Å²) in [6.07, 6.45) is 8.05. The van der Waals surface area contributed by atoms with Gasteiger partial charge in [0.05, 0.1) is 0 Å². The van der Waals surface area contributed by atoms with E-state index < -0.39 is 0 Å². The van der Waals surface area contributed by atoms with E-state index in [1.165, 1.54) is 12.3 Å². The highest BCUT2D eigenvalue weighted by molar-refractivity contribution is 5.18. The largest absolute Gasteiger partial charge is 0.364 e. The van der Waals surface area contributed by atoms with Crippen LogP contribution in [0.1, 0.15) is 0 Å². The third kappa shape index (κ3) is 1.15. The minimum absolute atomic E-state index is 0.00463. The Hall–Kier alpha value is -1.18. The molecular weight excluding hydrogens is 102 g/mol. The van der Waals surface area contributed by atoms with Crippen LogP contribution in [0.15, 0.2) is 36.4 Å². The van der Waals surface area contributed by atoms with E-state index in [4.69, 9.17) is 0 Å². The standard InChI is InChI=1S/C6H6NO/c8-6-3-1-2-4-7-5-6/h1-5,7H. The molecule has 8 heavy (non-hydrogen) atoms. The number of rotatable bonds is 0. The van der Waals surface area contributed by atoms with Crippen molar-refractivity contribution in [2.45, 2.75) is 0 Å². The Morgan fingerprint density at radius 3 is 3.12 bits per heavy atom. The van der Waals surface area contributed by atoms with Gasteiger partial charge in [0.15, 0.2) is 5.76 Å². The summed E-state index contributed by atoms with van der Waals surface area (Å²) in [4.78, 5) is 0. The van der Waals surface area contributed by atoms with Crippen LogP contribution in [0.5, 0.6) is 0 Å². The van der Waals surface area contributed by atoms with Crippen LogP contribution in [-0.2, 0) is 5.11 Å². The van der Waals surface area contributed by atoms with Gasteiger partial charge in [0.25, 0.3) is 0 Å². The third-order valence-corrected chi connectivity index (χ3v) is 0.790. The zero-order valence-corrected chi connectivity index (χ0v) is 4.29. The van der Waals surface area contributed by atoms with Crippen LogP contribution in [0.3, 0.4) is 0 Å². The van der Waals surface area contributed by atoms with E-state index >= 15 is 0 Å². The molecule has 1 rings (SSSR count). The topological polar surface area (TPSA) is 31.9 Å². The Bertz CT molecular complexity index is 153. The molecule has 1 aliphatic heterocycles. The second-order valence-electron chi connectivity index (χ2n) is 1.43. The Balaban J connectivity index is 2.69. The normalized spacial score (nSPS) is 16.8. The molecule has 0 saturated heterocycles. The van der Waals surface area contributed by atoms with E-state index in [0.29, 0.717) is 0 Å². The minimum atomic E-state index is -0.00463.